The molecule has 0 aromatic heterocycles. The number of aliphatic hydroxyl groups excluding tert-OH is 1. The Kier molecular flexibility index (Phi) is 6.62. The van der Waals surface area contributed by atoms with Gasteiger partial charge in [0.1, 0.15) is 5.82 Å². The Morgan fingerprint density at radius 2 is 1.83 bits per heavy atom. The van der Waals surface area contributed by atoms with Gasteiger partial charge in [-0.3, -0.25) is 4.79 Å². The zero-order chi connectivity index (χ0) is 16.7. The van der Waals surface area contributed by atoms with Gasteiger partial charge in [-0.1, -0.05) is 42.5 Å². The minimum Gasteiger partial charge on any atom is -0.391 e. The van der Waals surface area contributed by atoms with E-state index in [9.17, 15) is 14.3 Å². The van der Waals surface area contributed by atoms with E-state index in [1.165, 1.54) is 6.07 Å². The van der Waals surface area contributed by atoms with Crippen LogP contribution in [0.1, 0.15) is 12.5 Å². The van der Waals surface area contributed by atoms with Gasteiger partial charge in [0.05, 0.1) is 17.9 Å². The highest BCUT2D eigenvalue weighted by Crippen LogP contribution is 2.20. The second kappa shape index (κ2) is 8.70. The van der Waals surface area contributed by atoms with Crippen molar-refractivity contribution in [2.45, 2.75) is 30.4 Å². The van der Waals surface area contributed by atoms with Gasteiger partial charge in [0, 0.05) is 11.3 Å². The first kappa shape index (κ1) is 17.5. The molecule has 2 rings (SSSR count). The third-order valence-electron chi connectivity index (χ3n) is 3.45. The molecular formula is C18H20FNO2S. The summed E-state index contributed by atoms with van der Waals surface area (Å²) < 4.78 is 13.5. The number of benzene rings is 2. The summed E-state index contributed by atoms with van der Waals surface area (Å²) >= 11 is 1.14. The van der Waals surface area contributed by atoms with E-state index in [1.807, 2.05) is 30.3 Å². The summed E-state index contributed by atoms with van der Waals surface area (Å²) in [6.45, 7) is 1.76. The van der Waals surface area contributed by atoms with Gasteiger partial charge in [-0.05, 0) is 24.6 Å². The number of carbonyl (C=O) groups excluding carboxylic acids is 1. The van der Waals surface area contributed by atoms with E-state index in [-0.39, 0.29) is 23.5 Å². The molecule has 0 saturated heterocycles. The molecule has 1 amide bonds. The van der Waals surface area contributed by atoms with Gasteiger partial charge in [0.25, 0.3) is 0 Å². The van der Waals surface area contributed by atoms with Crippen molar-refractivity contribution in [2.75, 3.05) is 5.75 Å². The Bertz CT molecular complexity index is 636. The minimum atomic E-state index is -0.667. The molecule has 0 radical (unpaired) electrons. The molecule has 2 atom stereocenters. The van der Waals surface area contributed by atoms with Crippen molar-refractivity contribution >= 4 is 17.7 Å². The lowest BCUT2D eigenvalue weighted by Gasteiger charge is -2.20. The number of thioether (sulfide) groups is 1. The second-order valence-electron chi connectivity index (χ2n) is 5.33. The quantitative estimate of drug-likeness (QED) is 0.766. The predicted molar refractivity (Wildman–Crippen MR) is 90.9 cm³/mol. The standard InChI is InChI=1S/C18H20FNO2S/c1-13(16(21)11-14-7-3-2-4-8-14)20-18(22)12-23-17-10-6-5-9-15(17)19/h2-10,13,16,21H,11-12H2,1H3,(H,20,22). The lowest BCUT2D eigenvalue weighted by Crippen LogP contribution is -2.42. The van der Waals surface area contributed by atoms with Crippen molar-refractivity contribution in [3.63, 3.8) is 0 Å². The van der Waals surface area contributed by atoms with Crippen LogP contribution in [-0.4, -0.2) is 28.9 Å². The van der Waals surface area contributed by atoms with E-state index in [0.717, 1.165) is 17.3 Å². The van der Waals surface area contributed by atoms with Gasteiger partial charge in [-0.15, -0.1) is 11.8 Å². The first-order valence-electron chi connectivity index (χ1n) is 7.45. The van der Waals surface area contributed by atoms with Crippen LogP contribution >= 0.6 is 11.8 Å². The highest BCUT2D eigenvalue weighted by molar-refractivity contribution is 8.00. The molecule has 2 aromatic carbocycles. The van der Waals surface area contributed by atoms with E-state index in [4.69, 9.17) is 0 Å². The van der Waals surface area contributed by atoms with Gasteiger partial charge in [0.15, 0.2) is 0 Å². The zero-order valence-electron chi connectivity index (χ0n) is 12.9. The fourth-order valence-electron chi connectivity index (χ4n) is 2.13. The molecular weight excluding hydrogens is 313 g/mol. The molecule has 0 aliphatic rings. The largest absolute Gasteiger partial charge is 0.391 e. The Morgan fingerprint density at radius 1 is 1.17 bits per heavy atom. The average molecular weight is 333 g/mol. The number of hydrogen-bond donors (Lipinski definition) is 2. The molecule has 3 nitrogen and oxygen atoms in total. The number of nitrogens with one attached hydrogen (secondary N) is 1. The summed E-state index contributed by atoms with van der Waals surface area (Å²) in [7, 11) is 0. The third kappa shape index (κ3) is 5.69. The summed E-state index contributed by atoms with van der Waals surface area (Å²) in [5.41, 5.74) is 1.02. The van der Waals surface area contributed by atoms with Crippen LogP contribution in [0.5, 0.6) is 0 Å². The summed E-state index contributed by atoms with van der Waals surface area (Å²) in [5, 5.41) is 12.9. The molecule has 2 N–H and O–H groups in total. The maximum Gasteiger partial charge on any atom is 0.230 e. The summed E-state index contributed by atoms with van der Waals surface area (Å²) in [6, 6.07) is 15.6. The third-order valence-corrected chi connectivity index (χ3v) is 4.50. The zero-order valence-corrected chi connectivity index (χ0v) is 13.7. The van der Waals surface area contributed by atoms with Crippen LogP contribution in [0.25, 0.3) is 0 Å². The number of hydrogen-bond acceptors (Lipinski definition) is 3. The molecule has 0 saturated carbocycles. The highest BCUT2D eigenvalue weighted by Gasteiger charge is 2.17. The molecule has 2 unspecified atom stereocenters. The Morgan fingerprint density at radius 3 is 2.52 bits per heavy atom. The molecule has 23 heavy (non-hydrogen) atoms. The van der Waals surface area contributed by atoms with Crippen molar-refractivity contribution in [2.24, 2.45) is 0 Å². The van der Waals surface area contributed by atoms with E-state index in [1.54, 1.807) is 25.1 Å². The normalized spacial score (nSPS) is 13.3. The number of carbonyl (C=O) groups is 1. The molecule has 0 spiro atoms. The number of amides is 1. The van der Waals surface area contributed by atoms with Gasteiger partial charge in [-0.2, -0.15) is 0 Å². The average Bonchev–Trinajstić information content (AvgIpc) is 2.55. The van der Waals surface area contributed by atoms with Crippen molar-refractivity contribution in [3.05, 3.63) is 66.0 Å². The molecule has 2 aromatic rings. The monoisotopic (exact) mass is 333 g/mol. The molecule has 5 heteroatoms. The van der Waals surface area contributed by atoms with Gasteiger partial charge in [-0.25, -0.2) is 4.39 Å². The fraction of sp³-hybridized carbons (Fsp3) is 0.278. The van der Waals surface area contributed by atoms with E-state index >= 15 is 0 Å². The fourth-order valence-corrected chi connectivity index (χ4v) is 2.88. The number of aliphatic hydroxyl groups is 1. The van der Waals surface area contributed by atoms with Gasteiger partial charge in [0.2, 0.25) is 5.91 Å². The Labute approximate surface area is 139 Å². The second-order valence-corrected chi connectivity index (χ2v) is 6.35. The van der Waals surface area contributed by atoms with Crippen LogP contribution in [0.3, 0.4) is 0 Å². The van der Waals surface area contributed by atoms with E-state index in [2.05, 4.69) is 5.32 Å². The van der Waals surface area contributed by atoms with Crippen LogP contribution in [0.15, 0.2) is 59.5 Å². The molecule has 0 aliphatic carbocycles. The maximum absolute atomic E-state index is 13.5. The van der Waals surface area contributed by atoms with Crippen LogP contribution < -0.4 is 5.32 Å². The highest BCUT2D eigenvalue weighted by atomic mass is 32.2. The van der Waals surface area contributed by atoms with Crippen LogP contribution in [0, 0.1) is 5.82 Å². The molecule has 122 valence electrons. The SMILES string of the molecule is CC(NC(=O)CSc1ccccc1F)C(O)Cc1ccccc1. The van der Waals surface area contributed by atoms with Crippen LogP contribution in [0.4, 0.5) is 4.39 Å². The van der Waals surface area contributed by atoms with Gasteiger partial charge >= 0.3 is 0 Å². The maximum atomic E-state index is 13.5. The van der Waals surface area contributed by atoms with Crippen LogP contribution in [-0.2, 0) is 11.2 Å². The summed E-state index contributed by atoms with van der Waals surface area (Å²) in [6.07, 6.45) is -0.192. The minimum absolute atomic E-state index is 0.114. The topological polar surface area (TPSA) is 49.3 Å². The lowest BCUT2D eigenvalue weighted by molar-refractivity contribution is -0.119. The lowest BCUT2D eigenvalue weighted by atomic mass is 10.0. The number of halogens is 1. The molecule has 0 bridgehead atoms. The Hall–Kier alpha value is -1.85. The van der Waals surface area contributed by atoms with Crippen molar-refractivity contribution in [1.82, 2.24) is 5.32 Å². The Balaban J connectivity index is 1.79. The van der Waals surface area contributed by atoms with Crippen LogP contribution in [0.2, 0.25) is 0 Å². The molecule has 0 heterocycles. The van der Waals surface area contributed by atoms with Gasteiger partial charge < -0.3 is 10.4 Å². The van der Waals surface area contributed by atoms with E-state index < -0.39 is 6.10 Å². The van der Waals surface area contributed by atoms with E-state index in [0.29, 0.717) is 11.3 Å². The van der Waals surface area contributed by atoms with Crippen molar-refractivity contribution in [1.29, 1.82) is 0 Å². The smallest absolute Gasteiger partial charge is 0.230 e. The number of rotatable bonds is 7. The summed E-state index contributed by atoms with van der Waals surface area (Å²) in [4.78, 5) is 12.4. The first-order chi connectivity index (χ1) is 11.1. The first-order valence-corrected chi connectivity index (χ1v) is 8.43. The van der Waals surface area contributed by atoms with Crippen molar-refractivity contribution in [3.8, 4) is 0 Å². The predicted octanol–water partition coefficient (Wildman–Crippen LogP) is 3.03. The van der Waals surface area contributed by atoms with Crippen molar-refractivity contribution < 1.29 is 14.3 Å². The molecule has 0 fully saturated rings. The molecule has 0 aliphatic heterocycles. The summed E-state index contributed by atoms with van der Waals surface area (Å²) in [5.74, 6) is -0.441.